The van der Waals surface area contributed by atoms with E-state index in [9.17, 15) is 0 Å². The van der Waals surface area contributed by atoms with Crippen LogP contribution in [0.2, 0.25) is 0 Å². The molecule has 0 saturated heterocycles. The predicted molar refractivity (Wildman–Crippen MR) is 205 cm³/mol. The largest absolute Gasteiger partial charge is 0.456 e. The lowest BCUT2D eigenvalue weighted by Crippen LogP contribution is -2.03. The molecule has 11 rings (SSSR count). The summed E-state index contributed by atoms with van der Waals surface area (Å²) < 4.78 is 11.2. The molecule has 0 N–H and O–H groups in total. The molecule has 0 spiro atoms. The predicted octanol–water partition coefficient (Wildman–Crippen LogP) is 12.3. The maximum atomic E-state index is 6.36. The molecule has 4 heterocycles. The van der Waals surface area contributed by atoms with Crippen LogP contribution in [0.25, 0.3) is 103 Å². The Balaban J connectivity index is 1.20. The molecule has 4 aromatic heterocycles. The number of thiophene rings is 1. The van der Waals surface area contributed by atoms with Crippen molar-refractivity contribution in [1.29, 1.82) is 0 Å². The summed E-state index contributed by atoms with van der Waals surface area (Å²) in [5, 5.41) is 8.06. The number of furan rings is 1. The fraction of sp³-hybridized carbons (Fsp3) is 0. The third-order valence-electron chi connectivity index (χ3n) is 9.82. The van der Waals surface area contributed by atoms with Gasteiger partial charge in [0, 0.05) is 47.3 Å². The molecule has 0 bridgehead atoms. The molecule has 0 saturated carbocycles. The van der Waals surface area contributed by atoms with Gasteiger partial charge in [-0.3, -0.25) is 4.57 Å². The molecule has 0 unspecified atom stereocenters. The van der Waals surface area contributed by atoms with Crippen LogP contribution in [0.1, 0.15) is 0 Å². The molecule has 0 aliphatic heterocycles. The minimum absolute atomic E-state index is 0.634. The lowest BCUT2D eigenvalue weighted by atomic mass is 9.98. The summed E-state index contributed by atoms with van der Waals surface area (Å²) in [5.41, 5.74) is 9.08. The van der Waals surface area contributed by atoms with E-state index in [1.807, 2.05) is 23.5 Å². The third kappa shape index (κ3) is 3.85. The zero-order chi connectivity index (χ0) is 32.1. The average Bonchev–Trinajstić information content (AvgIpc) is 3.84. The molecule has 0 aliphatic rings. The van der Waals surface area contributed by atoms with E-state index in [-0.39, 0.29) is 0 Å². The first-order chi connectivity index (χ1) is 24.3. The number of para-hydroxylation sites is 3. The highest BCUT2D eigenvalue weighted by Crippen LogP contribution is 2.43. The van der Waals surface area contributed by atoms with Gasteiger partial charge >= 0.3 is 0 Å². The molecule has 0 radical (unpaired) electrons. The van der Waals surface area contributed by atoms with E-state index in [4.69, 9.17) is 14.4 Å². The van der Waals surface area contributed by atoms with Gasteiger partial charge in [-0.05, 0) is 53.6 Å². The summed E-state index contributed by atoms with van der Waals surface area (Å²) in [4.78, 5) is 10.7. The summed E-state index contributed by atoms with van der Waals surface area (Å²) >= 11 is 1.86. The molecule has 228 valence electrons. The maximum absolute atomic E-state index is 6.36. The van der Waals surface area contributed by atoms with Gasteiger partial charge in [-0.1, -0.05) is 109 Å². The van der Waals surface area contributed by atoms with E-state index in [0.717, 1.165) is 65.9 Å². The van der Waals surface area contributed by atoms with Gasteiger partial charge in [-0.15, -0.1) is 11.3 Å². The van der Waals surface area contributed by atoms with Gasteiger partial charge < -0.3 is 4.42 Å². The van der Waals surface area contributed by atoms with Crippen LogP contribution in [-0.2, 0) is 0 Å². The number of hydrogen-bond acceptors (Lipinski definition) is 4. The number of aromatic nitrogens is 3. The SMILES string of the molecule is c1cc(-c2nc(-n3c4ccccc4c4ccc5oc6ccccc6c5c43)nc3ccccc23)cc(-c2cccc3c2sc2ccccc23)c1. The fourth-order valence-electron chi connectivity index (χ4n) is 7.67. The van der Waals surface area contributed by atoms with Crippen molar-refractivity contribution in [2.24, 2.45) is 0 Å². The van der Waals surface area contributed by atoms with Crippen molar-refractivity contribution >= 4 is 86.2 Å². The van der Waals surface area contributed by atoms with Crippen molar-refractivity contribution in [2.45, 2.75) is 0 Å². The minimum atomic E-state index is 0.634. The summed E-state index contributed by atoms with van der Waals surface area (Å²) in [6, 6.07) is 53.5. The summed E-state index contributed by atoms with van der Waals surface area (Å²) in [7, 11) is 0. The van der Waals surface area contributed by atoms with Crippen molar-refractivity contribution in [2.75, 3.05) is 0 Å². The van der Waals surface area contributed by atoms with E-state index in [1.165, 1.54) is 31.3 Å². The lowest BCUT2D eigenvalue weighted by molar-refractivity contribution is 0.669. The second-order valence-corrected chi connectivity index (χ2v) is 13.6. The maximum Gasteiger partial charge on any atom is 0.235 e. The third-order valence-corrected chi connectivity index (χ3v) is 11.0. The van der Waals surface area contributed by atoms with E-state index < -0.39 is 0 Å². The second kappa shape index (κ2) is 10.1. The quantitative estimate of drug-likeness (QED) is 0.192. The van der Waals surface area contributed by atoms with Crippen LogP contribution in [0.3, 0.4) is 0 Å². The Morgan fingerprint density at radius 1 is 0.510 bits per heavy atom. The van der Waals surface area contributed by atoms with Crippen LogP contribution in [0, 0.1) is 0 Å². The van der Waals surface area contributed by atoms with E-state index in [2.05, 4.69) is 144 Å². The Kier molecular flexibility index (Phi) is 5.51. The average molecular weight is 644 g/mol. The van der Waals surface area contributed by atoms with Crippen LogP contribution >= 0.6 is 11.3 Å². The fourth-order valence-corrected chi connectivity index (χ4v) is 8.90. The van der Waals surface area contributed by atoms with Crippen molar-refractivity contribution < 1.29 is 4.42 Å². The first kappa shape index (κ1) is 26.7. The van der Waals surface area contributed by atoms with E-state index in [0.29, 0.717) is 5.95 Å². The van der Waals surface area contributed by atoms with Crippen molar-refractivity contribution in [3.8, 4) is 28.3 Å². The van der Waals surface area contributed by atoms with Gasteiger partial charge in [0.2, 0.25) is 5.95 Å². The number of benzene rings is 7. The number of fused-ring (bicyclic) bond motifs is 11. The Morgan fingerprint density at radius 2 is 1.24 bits per heavy atom. The van der Waals surface area contributed by atoms with Crippen LogP contribution < -0.4 is 0 Å². The zero-order valence-electron chi connectivity index (χ0n) is 26.1. The zero-order valence-corrected chi connectivity index (χ0v) is 26.9. The van der Waals surface area contributed by atoms with Crippen LogP contribution in [0.15, 0.2) is 156 Å². The van der Waals surface area contributed by atoms with Crippen LogP contribution in [0.5, 0.6) is 0 Å². The highest BCUT2D eigenvalue weighted by Gasteiger charge is 2.22. The Bertz CT molecular complexity index is 3130. The first-order valence-corrected chi connectivity index (χ1v) is 17.2. The van der Waals surface area contributed by atoms with Gasteiger partial charge in [0.05, 0.1) is 27.6 Å². The Labute approximate surface area is 284 Å². The second-order valence-electron chi connectivity index (χ2n) is 12.5. The van der Waals surface area contributed by atoms with Gasteiger partial charge in [0.15, 0.2) is 0 Å². The smallest absolute Gasteiger partial charge is 0.235 e. The Morgan fingerprint density at radius 3 is 2.18 bits per heavy atom. The molecule has 7 aromatic carbocycles. The Hall–Kier alpha value is -6.30. The van der Waals surface area contributed by atoms with Crippen LogP contribution in [-0.4, -0.2) is 14.5 Å². The molecular formula is C44H25N3OS. The molecule has 11 aromatic rings. The summed E-state index contributed by atoms with van der Waals surface area (Å²) in [5.74, 6) is 0.634. The topological polar surface area (TPSA) is 43.9 Å². The lowest BCUT2D eigenvalue weighted by Gasteiger charge is -2.13. The van der Waals surface area contributed by atoms with Gasteiger partial charge in [0.25, 0.3) is 0 Å². The standard InChI is InChI=1S/C44H25N3OS/c1-5-19-35-33(15-1)41(27-12-9-11-26(25-27)28-17-10-18-32-30-14-4-8-22-39(30)49-43(28)32)46-44(45-35)47-36-20-6-2-13-29(36)31-23-24-38-40(42(31)47)34-16-3-7-21-37(34)48-38/h1-25H. The number of nitrogens with zero attached hydrogens (tertiary/aromatic N) is 3. The molecule has 5 heteroatoms. The molecule has 0 amide bonds. The number of hydrogen-bond donors (Lipinski definition) is 0. The monoisotopic (exact) mass is 643 g/mol. The highest BCUT2D eigenvalue weighted by atomic mass is 32.1. The van der Waals surface area contributed by atoms with Crippen molar-refractivity contribution in [3.63, 3.8) is 0 Å². The molecule has 0 aliphatic carbocycles. The van der Waals surface area contributed by atoms with Gasteiger partial charge in [0.1, 0.15) is 11.2 Å². The van der Waals surface area contributed by atoms with E-state index >= 15 is 0 Å². The van der Waals surface area contributed by atoms with Crippen molar-refractivity contribution in [1.82, 2.24) is 14.5 Å². The van der Waals surface area contributed by atoms with Crippen LogP contribution in [0.4, 0.5) is 0 Å². The van der Waals surface area contributed by atoms with E-state index in [1.54, 1.807) is 0 Å². The normalized spacial score (nSPS) is 12.1. The molecular weight excluding hydrogens is 619 g/mol. The highest BCUT2D eigenvalue weighted by molar-refractivity contribution is 7.26. The number of rotatable bonds is 3. The first-order valence-electron chi connectivity index (χ1n) is 16.4. The molecule has 49 heavy (non-hydrogen) atoms. The van der Waals surface area contributed by atoms with Gasteiger partial charge in [-0.25, -0.2) is 9.97 Å². The van der Waals surface area contributed by atoms with Gasteiger partial charge in [-0.2, -0.15) is 0 Å². The molecule has 4 nitrogen and oxygen atoms in total. The summed E-state index contributed by atoms with van der Waals surface area (Å²) in [6.45, 7) is 0. The van der Waals surface area contributed by atoms with Crippen molar-refractivity contribution in [3.05, 3.63) is 152 Å². The molecule has 0 fully saturated rings. The summed E-state index contributed by atoms with van der Waals surface area (Å²) in [6.07, 6.45) is 0. The molecule has 0 atom stereocenters. The minimum Gasteiger partial charge on any atom is -0.456 e.